The monoisotopic (exact) mass is 601 g/mol. The predicted octanol–water partition coefficient (Wildman–Crippen LogP) is 11.1. The Morgan fingerprint density at radius 3 is 1.68 bits per heavy atom. The van der Waals surface area contributed by atoms with Crippen LogP contribution in [0.4, 0.5) is 17.1 Å². The van der Waals surface area contributed by atoms with Crippen molar-refractivity contribution in [2.24, 2.45) is 0 Å². The standard InChI is InChI=1S/C44H27NO2/c46-43-38-25-22-30(33-17-9-11-29-10-1-2-12-32(29)33)27-39(38)44(47)40(43)26-28-20-23-31(24-21-28)45-41-18-7-5-15-36(41)34-13-3-4-14-35(34)37-16-6-8-19-42(37)45/h1-27H/b40-26+. The Hall–Kier alpha value is -6.32. The van der Waals surface area contributed by atoms with Crippen molar-refractivity contribution in [1.82, 2.24) is 0 Å². The average Bonchev–Trinajstić information content (AvgIpc) is 3.28. The predicted molar refractivity (Wildman–Crippen MR) is 192 cm³/mol. The number of rotatable bonds is 3. The van der Waals surface area contributed by atoms with E-state index in [0.717, 1.165) is 55.7 Å². The number of para-hydroxylation sites is 2. The summed E-state index contributed by atoms with van der Waals surface area (Å²) in [5, 5.41) is 2.25. The maximum atomic E-state index is 13.7. The average molecular weight is 602 g/mol. The van der Waals surface area contributed by atoms with E-state index in [9.17, 15) is 9.59 Å². The zero-order valence-corrected chi connectivity index (χ0v) is 25.4. The number of Topliss-reactive ketones (excluding diaryl/α,β-unsaturated/α-hetero) is 2. The van der Waals surface area contributed by atoms with Gasteiger partial charge in [0, 0.05) is 27.9 Å². The number of fused-ring (bicyclic) bond motifs is 7. The van der Waals surface area contributed by atoms with Gasteiger partial charge in [0.2, 0.25) is 0 Å². The van der Waals surface area contributed by atoms with Crippen molar-refractivity contribution in [3.05, 3.63) is 180 Å². The Balaban J connectivity index is 1.08. The molecule has 9 rings (SSSR count). The lowest BCUT2D eigenvalue weighted by Crippen LogP contribution is -2.10. The van der Waals surface area contributed by atoms with Crippen molar-refractivity contribution >= 4 is 45.5 Å². The lowest BCUT2D eigenvalue weighted by atomic mass is 9.95. The van der Waals surface area contributed by atoms with Crippen LogP contribution in [0.25, 0.3) is 50.2 Å². The van der Waals surface area contributed by atoms with E-state index in [1.54, 1.807) is 12.1 Å². The minimum absolute atomic E-state index is 0.198. The Morgan fingerprint density at radius 2 is 0.979 bits per heavy atom. The Kier molecular flexibility index (Phi) is 6.12. The Bertz CT molecular complexity index is 2380. The van der Waals surface area contributed by atoms with Crippen LogP contribution in [-0.4, -0.2) is 11.6 Å². The van der Waals surface area contributed by atoms with E-state index in [4.69, 9.17) is 0 Å². The first-order chi connectivity index (χ1) is 23.2. The molecule has 0 fully saturated rings. The fourth-order valence-electron chi connectivity index (χ4n) is 7.14. The van der Waals surface area contributed by atoms with Crippen LogP contribution in [0.15, 0.2) is 163 Å². The molecule has 220 valence electrons. The highest BCUT2D eigenvalue weighted by molar-refractivity contribution is 6.41. The van der Waals surface area contributed by atoms with Crippen LogP contribution >= 0.6 is 0 Å². The van der Waals surface area contributed by atoms with Crippen molar-refractivity contribution in [1.29, 1.82) is 0 Å². The third-order valence-electron chi connectivity index (χ3n) is 9.36. The topological polar surface area (TPSA) is 37.4 Å². The molecule has 0 unspecified atom stereocenters. The van der Waals surface area contributed by atoms with Gasteiger partial charge < -0.3 is 4.90 Å². The minimum atomic E-state index is -0.232. The zero-order valence-electron chi connectivity index (χ0n) is 25.4. The van der Waals surface area contributed by atoms with E-state index in [2.05, 4.69) is 114 Å². The quantitative estimate of drug-likeness (QED) is 0.149. The van der Waals surface area contributed by atoms with Crippen molar-refractivity contribution < 1.29 is 9.59 Å². The number of allylic oxidation sites excluding steroid dienone is 1. The van der Waals surface area contributed by atoms with E-state index in [0.29, 0.717) is 11.1 Å². The van der Waals surface area contributed by atoms with E-state index >= 15 is 0 Å². The van der Waals surface area contributed by atoms with Crippen LogP contribution in [0.5, 0.6) is 0 Å². The first kappa shape index (κ1) is 27.0. The summed E-state index contributed by atoms with van der Waals surface area (Å²) in [5.41, 5.74) is 11.8. The summed E-state index contributed by atoms with van der Waals surface area (Å²) in [6.45, 7) is 0. The molecule has 7 aromatic carbocycles. The number of nitrogens with zero attached hydrogens (tertiary/aromatic N) is 1. The molecule has 0 radical (unpaired) electrons. The van der Waals surface area contributed by atoms with E-state index in [-0.39, 0.29) is 17.1 Å². The van der Waals surface area contributed by atoms with Crippen LogP contribution in [0.1, 0.15) is 26.3 Å². The number of hydrogen-bond donors (Lipinski definition) is 0. The van der Waals surface area contributed by atoms with Crippen molar-refractivity contribution in [2.45, 2.75) is 0 Å². The summed E-state index contributed by atoms with van der Waals surface area (Å²) in [6, 6.07) is 53.6. The minimum Gasteiger partial charge on any atom is -0.309 e. The van der Waals surface area contributed by atoms with E-state index in [1.807, 2.05) is 42.5 Å². The second kappa shape index (κ2) is 10.6. The second-order valence-electron chi connectivity index (χ2n) is 12.0. The highest BCUT2D eigenvalue weighted by Crippen LogP contribution is 2.50. The van der Waals surface area contributed by atoms with Crippen LogP contribution in [-0.2, 0) is 0 Å². The first-order valence-corrected chi connectivity index (χ1v) is 15.8. The summed E-state index contributed by atoms with van der Waals surface area (Å²) in [7, 11) is 0. The fourth-order valence-corrected chi connectivity index (χ4v) is 7.14. The van der Waals surface area contributed by atoms with Gasteiger partial charge in [-0.1, -0.05) is 121 Å². The molecule has 1 aliphatic carbocycles. The number of ketones is 2. The number of hydrogen-bond acceptors (Lipinski definition) is 3. The molecule has 0 saturated carbocycles. The zero-order chi connectivity index (χ0) is 31.5. The SMILES string of the molecule is O=C1/C(=C\c2ccc(N3c4ccccc4-c4ccccc4-c4ccccc43)cc2)C(=O)c2cc(-c3cccc4ccccc34)ccc21. The highest BCUT2D eigenvalue weighted by atomic mass is 16.2. The Labute approximate surface area is 272 Å². The normalized spacial score (nSPS) is 14.0. The molecule has 0 N–H and O–H groups in total. The molecule has 1 heterocycles. The maximum absolute atomic E-state index is 13.7. The molecule has 7 aromatic rings. The van der Waals surface area contributed by atoms with Crippen molar-refractivity contribution in [3.8, 4) is 33.4 Å². The van der Waals surface area contributed by atoms with Gasteiger partial charge in [-0.15, -0.1) is 0 Å². The second-order valence-corrected chi connectivity index (χ2v) is 12.0. The molecule has 2 aliphatic rings. The summed E-state index contributed by atoms with van der Waals surface area (Å²) in [6.07, 6.45) is 1.73. The number of carbonyl (C=O) groups is 2. The van der Waals surface area contributed by atoms with Crippen molar-refractivity contribution in [3.63, 3.8) is 0 Å². The van der Waals surface area contributed by atoms with E-state index in [1.165, 1.54) is 11.1 Å². The summed E-state index contributed by atoms with van der Waals surface area (Å²) >= 11 is 0. The summed E-state index contributed by atoms with van der Waals surface area (Å²) < 4.78 is 0. The molecule has 0 aromatic heterocycles. The summed E-state index contributed by atoms with van der Waals surface area (Å²) in [4.78, 5) is 29.5. The summed E-state index contributed by atoms with van der Waals surface area (Å²) in [5.74, 6) is -0.462. The molecule has 47 heavy (non-hydrogen) atoms. The van der Waals surface area contributed by atoms with Crippen LogP contribution in [0.3, 0.4) is 0 Å². The molecule has 0 bridgehead atoms. The van der Waals surface area contributed by atoms with Gasteiger partial charge in [0.25, 0.3) is 0 Å². The van der Waals surface area contributed by atoms with Gasteiger partial charge in [-0.3, -0.25) is 9.59 Å². The first-order valence-electron chi connectivity index (χ1n) is 15.8. The smallest absolute Gasteiger partial charge is 0.197 e. The number of benzene rings is 7. The third-order valence-corrected chi connectivity index (χ3v) is 9.36. The number of carbonyl (C=O) groups excluding carboxylic acids is 2. The lowest BCUT2D eigenvalue weighted by Gasteiger charge is -2.27. The van der Waals surface area contributed by atoms with Crippen molar-refractivity contribution in [2.75, 3.05) is 4.90 Å². The van der Waals surface area contributed by atoms with Gasteiger partial charge in [-0.05, 0) is 81.1 Å². The van der Waals surface area contributed by atoms with Crippen LogP contribution in [0, 0.1) is 0 Å². The number of anilines is 3. The van der Waals surface area contributed by atoms with Gasteiger partial charge >= 0.3 is 0 Å². The lowest BCUT2D eigenvalue weighted by molar-refractivity contribution is 0.0990. The maximum Gasteiger partial charge on any atom is 0.197 e. The molecular formula is C44H27NO2. The largest absolute Gasteiger partial charge is 0.309 e. The molecule has 3 nitrogen and oxygen atoms in total. The Morgan fingerprint density at radius 1 is 0.426 bits per heavy atom. The van der Waals surface area contributed by atoms with Gasteiger partial charge in [0.1, 0.15) is 0 Å². The molecule has 1 aliphatic heterocycles. The molecule has 0 saturated heterocycles. The highest BCUT2D eigenvalue weighted by Gasteiger charge is 2.33. The fraction of sp³-hybridized carbons (Fsp3) is 0. The van der Waals surface area contributed by atoms with Gasteiger partial charge in [-0.2, -0.15) is 0 Å². The molecular weight excluding hydrogens is 574 g/mol. The van der Waals surface area contributed by atoms with Gasteiger partial charge in [0.15, 0.2) is 11.6 Å². The van der Waals surface area contributed by atoms with Gasteiger partial charge in [0.05, 0.1) is 16.9 Å². The third kappa shape index (κ3) is 4.28. The van der Waals surface area contributed by atoms with Gasteiger partial charge in [-0.25, -0.2) is 0 Å². The van der Waals surface area contributed by atoms with E-state index < -0.39 is 0 Å². The molecule has 0 atom stereocenters. The van der Waals surface area contributed by atoms with Crippen LogP contribution in [0.2, 0.25) is 0 Å². The molecule has 0 spiro atoms. The molecule has 0 amide bonds. The van der Waals surface area contributed by atoms with Crippen LogP contribution < -0.4 is 4.90 Å². The molecule has 3 heteroatoms.